The van der Waals surface area contributed by atoms with Gasteiger partial charge in [-0.25, -0.2) is 0 Å². The van der Waals surface area contributed by atoms with Crippen LogP contribution in [0.1, 0.15) is 39.3 Å². The van der Waals surface area contributed by atoms with Crippen molar-refractivity contribution < 1.29 is 0 Å². The summed E-state index contributed by atoms with van der Waals surface area (Å²) in [6.07, 6.45) is 0. The molecule has 0 aliphatic carbocycles. The Morgan fingerprint density at radius 1 is 1.28 bits per heavy atom. The van der Waals surface area contributed by atoms with Crippen LogP contribution in [-0.4, -0.2) is 36.4 Å². The minimum absolute atomic E-state index is 0.273. The molecular weight excluding hydrogens is 224 g/mol. The molecule has 100 valence electrons. The highest BCUT2D eigenvalue weighted by Crippen LogP contribution is 2.22. The Morgan fingerprint density at radius 2 is 2.06 bits per heavy atom. The molecule has 0 atom stereocenters. The molecule has 4 nitrogen and oxygen atoms in total. The quantitative estimate of drug-likeness (QED) is 0.869. The van der Waals surface area contributed by atoms with Crippen LogP contribution < -0.4 is 10.2 Å². The predicted octanol–water partition coefficient (Wildman–Crippen LogP) is 2.04. The van der Waals surface area contributed by atoms with Crippen LogP contribution >= 0.6 is 0 Å². The maximum Gasteiger partial charge on any atom is 0.151 e. The Bertz CT molecular complexity index is 383. The van der Waals surface area contributed by atoms with Crippen LogP contribution in [0.15, 0.2) is 12.1 Å². The standard InChI is InChI=1S/C14H24N4/c1-11(2)12-5-6-13(17-16-12)18-8-7-15-9-14(3,4)10-18/h5-6,11,15H,7-10H2,1-4H3. The molecule has 18 heavy (non-hydrogen) atoms. The van der Waals surface area contributed by atoms with Crippen molar-refractivity contribution in [1.29, 1.82) is 0 Å². The van der Waals surface area contributed by atoms with Gasteiger partial charge in [0.05, 0.1) is 5.69 Å². The number of hydrogen-bond donors (Lipinski definition) is 1. The molecule has 1 fully saturated rings. The van der Waals surface area contributed by atoms with E-state index in [-0.39, 0.29) is 5.41 Å². The number of rotatable bonds is 2. The molecule has 0 saturated carbocycles. The number of anilines is 1. The smallest absolute Gasteiger partial charge is 0.151 e. The van der Waals surface area contributed by atoms with E-state index in [1.54, 1.807) is 0 Å². The van der Waals surface area contributed by atoms with E-state index < -0.39 is 0 Å². The maximum absolute atomic E-state index is 4.38. The number of aromatic nitrogens is 2. The van der Waals surface area contributed by atoms with E-state index in [4.69, 9.17) is 0 Å². The molecule has 2 heterocycles. The van der Waals surface area contributed by atoms with Crippen molar-refractivity contribution in [3.05, 3.63) is 17.8 Å². The fourth-order valence-corrected chi connectivity index (χ4v) is 2.30. The lowest BCUT2D eigenvalue weighted by atomic mass is 9.93. The average Bonchev–Trinajstić information content (AvgIpc) is 2.50. The van der Waals surface area contributed by atoms with Crippen molar-refractivity contribution in [2.45, 2.75) is 33.6 Å². The van der Waals surface area contributed by atoms with E-state index in [2.05, 4.69) is 60.2 Å². The van der Waals surface area contributed by atoms with E-state index in [0.717, 1.165) is 37.7 Å². The first-order valence-electron chi connectivity index (χ1n) is 6.77. The molecule has 0 spiro atoms. The van der Waals surface area contributed by atoms with E-state index in [9.17, 15) is 0 Å². The fourth-order valence-electron chi connectivity index (χ4n) is 2.30. The molecule has 1 N–H and O–H groups in total. The molecule has 1 aliphatic heterocycles. The summed E-state index contributed by atoms with van der Waals surface area (Å²) < 4.78 is 0. The van der Waals surface area contributed by atoms with Crippen molar-refractivity contribution in [2.75, 3.05) is 31.1 Å². The minimum atomic E-state index is 0.273. The Hall–Kier alpha value is -1.16. The second-order valence-corrected chi connectivity index (χ2v) is 6.23. The van der Waals surface area contributed by atoms with Gasteiger partial charge in [0, 0.05) is 26.2 Å². The van der Waals surface area contributed by atoms with Crippen molar-refractivity contribution in [2.24, 2.45) is 5.41 Å². The summed E-state index contributed by atoms with van der Waals surface area (Å²) in [4.78, 5) is 2.33. The summed E-state index contributed by atoms with van der Waals surface area (Å²) in [5.41, 5.74) is 1.33. The molecule has 0 amide bonds. The van der Waals surface area contributed by atoms with Crippen LogP contribution in [-0.2, 0) is 0 Å². The molecule has 0 aromatic carbocycles. The third kappa shape index (κ3) is 3.19. The van der Waals surface area contributed by atoms with Crippen molar-refractivity contribution >= 4 is 5.82 Å². The predicted molar refractivity (Wildman–Crippen MR) is 75.0 cm³/mol. The highest BCUT2D eigenvalue weighted by atomic mass is 15.3. The summed E-state index contributed by atoms with van der Waals surface area (Å²) >= 11 is 0. The Balaban J connectivity index is 2.14. The third-order valence-electron chi connectivity index (χ3n) is 3.37. The van der Waals surface area contributed by atoms with E-state index in [0.29, 0.717) is 5.92 Å². The third-order valence-corrected chi connectivity index (χ3v) is 3.37. The van der Waals surface area contributed by atoms with Gasteiger partial charge >= 0.3 is 0 Å². The van der Waals surface area contributed by atoms with Gasteiger partial charge in [-0.1, -0.05) is 27.7 Å². The van der Waals surface area contributed by atoms with Crippen LogP contribution in [0.5, 0.6) is 0 Å². The second-order valence-electron chi connectivity index (χ2n) is 6.23. The Morgan fingerprint density at radius 3 is 2.67 bits per heavy atom. The van der Waals surface area contributed by atoms with Gasteiger partial charge in [-0.05, 0) is 23.5 Å². The van der Waals surface area contributed by atoms with Gasteiger partial charge in [0.2, 0.25) is 0 Å². The summed E-state index contributed by atoms with van der Waals surface area (Å²) in [6, 6.07) is 4.20. The van der Waals surface area contributed by atoms with Crippen molar-refractivity contribution in [3.8, 4) is 0 Å². The summed E-state index contributed by atoms with van der Waals surface area (Å²) in [7, 11) is 0. The first-order valence-corrected chi connectivity index (χ1v) is 6.77. The Labute approximate surface area is 110 Å². The minimum Gasteiger partial charge on any atom is -0.353 e. The van der Waals surface area contributed by atoms with Gasteiger partial charge in [0.25, 0.3) is 0 Å². The van der Waals surface area contributed by atoms with Gasteiger partial charge in [0.1, 0.15) is 0 Å². The Kier molecular flexibility index (Phi) is 3.85. The zero-order valence-corrected chi connectivity index (χ0v) is 11.9. The zero-order valence-electron chi connectivity index (χ0n) is 11.9. The molecule has 1 aromatic rings. The highest BCUT2D eigenvalue weighted by molar-refractivity contribution is 5.38. The number of nitrogens with zero attached hydrogens (tertiary/aromatic N) is 3. The van der Waals surface area contributed by atoms with Crippen molar-refractivity contribution in [3.63, 3.8) is 0 Å². The van der Waals surface area contributed by atoms with Gasteiger partial charge in [0.15, 0.2) is 5.82 Å². The number of hydrogen-bond acceptors (Lipinski definition) is 4. The van der Waals surface area contributed by atoms with E-state index in [1.165, 1.54) is 0 Å². The molecule has 0 radical (unpaired) electrons. The largest absolute Gasteiger partial charge is 0.353 e. The van der Waals surface area contributed by atoms with Crippen LogP contribution in [0.25, 0.3) is 0 Å². The lowest BCUT2D eigenvalue weighted by Crippen LogP contribution is -2.35. The maximum atomic E-state index is 4.38. The highest BCUT2D eigenvalue weighted by Gasteiger charge is 2.25. The summed E-state index contributed by atoms with van der Waals surface area (Å²) in [5.74, 6) is 1.44. The molecule has 1 saturated heterocycles. The normalized spacial score (nSPS) is 19.9. The molecule has 2 rings (SSSR count). The van der Waals surface area contributed by atoms with Crippen LogP contribution in [0.4, 0.5) is 5.82 Å². The molecule has 0 bridgehead atoms. The first-order chi connectivity index (χ1) is 8.48. The average molecular weight is 248 g/mol. The molecular formula is C14H24N4. The van der Waals surface area contributed by atoms with Crippen molar-refractivity contribution in [1.82, 2.24) is 15.5 Å². The SMILES string of the molecule is CC(C)c1ccc(N2CCNCC(C)(C)C2)nn1. The topological polar surface area (TPSA) is 41.0 Å². The fraction of sp³-hybridized carbons (Fsp3) is 0.714. The van der Waals surface area contributed by atoms with E-state index in [1.807, 2.05) is 0 Å². The van der Waals surface area contributed by atoms with Crippen LogP contribution in [0.3, 0.4) is 0 Å². The number of nitrogens with one attached hydrogen (secondary N) is 1. The lowest BCUT2D eigenvalue weighted by Gasteiger charge is -2.29. The monoisotopic (exact) mass is 248 g/mol. The van der Waals surface area contributed by atoms with Crippen LogP contribution in [0.2, 0.25) is 0 Å². The molecule has 1 aromatic heterocycles. The lowest BCUT2D eigenvalue weighted by molar-refractivity contribution is 0.369. The molecule has 1 aliphatic rings. The van der Waals surface area contributed by atoms with Gasteiger partial charge in [-0.15, -0.1) is 5.10 Å². The molecule has 0 unspecified atom stereocenters. The first kappa shape index (κ1) is 13.3. The molecule has 4 heteroatoms. The summed E-state index contributed by atoms with van der Waals surface area (Å²) in [5, 5.41) is 12.2. The van der Waals surface area contributed by atoms with Gasteiger partial charge < -0.3 is 10.2 Å². The van der Waals surface area contributed by atoms with Crippen LogP contribution in [0, 0.1) is 5.41 Å². The zero-order chi connectivity index (χ0) is 13.2. The second kappa shape index (κ2) is 5.22. The van der Waals surface area contributed by atoms with E-state index >= 15 is 0 Å². The summed E-state index contributed by atoms with van der Waals surface area (Å²) in [6.45, 7) is 12.9. The van der Waals surface area contributed by atoms with Gasteiger partial charge in [-0.2, -0.15) is 5.10 Å². The van der Waals surface area contributed by atoms with Gasteiger partial charge in [-0.3, -0.25) is 0 Å².